The van der Waals surface area contributed by atoms with Gasteiger partial charge < -0.3 is 10.2 Å². The first-order valence-corrected chi connectivity index (χ1v) is 5.83. The van der Waals surface area contributed by atoms with Gasteiger partial charge in [-0.3, -0.25) is 0 Å². The number of nitrogens with one attached hydrogen (secondary N) is 1. The third-order valence-corrected chi connectivity index (χ3v) is 3.03. The van der Waals surface area contributed by atoms with E-state index in [2.05, 4.69) is 5.32 Å². The van der Waals surface area contributed by atoms with Crippen LogP contribution in [0, 0.1) is 5.82 Å². The lowest BCUT2D eigenvalue weighted by molar-refractivity contribution is 0.392. The Labute approximate surface area is 96.5 Å². The van der Waals surface area contributed by atoms with E-state index in [1.165, 1.54) is 6.42 Å². The van der Waals surface area contributed by atoms with Gasteiger partial charge in [0.15, 0.2) is 0 Å². The van der Waals surface area contributed by atoms with E-state index in [4.69, 9.17) is 0 Å². The lowest BCUT2D eigenvalue weighted by atomic mass is 10.0. The molecule has 0 aliphatic carbocycles. The zero-order chi connectivity index (χ0) is 11.5. The molecule has 1 atom stereocenters. The predicted molar refractivity (Wildman–Crippen MR) is 63.8 cm³/mol. The van der Waals surface area contributed by atoms with E-state index in [9.17, 15) is 4.39 Å². The van der Waals surface area contributed by atoms with E-state index in [0.29, 0.717) is 12.6 Å². The first kappa shape index (κ1) is 11.6. The van der Waals surface area contributed by atoms with Gasteiger partial charge in [-0.25, -0.2) is 4.39 Å². The highest BCUT2D eigenvalue weighted by molar-refractivity contribution is 5.27. The Morgan fingerprint density at radius 1 is 1.44 bits per heavy atom. The summed E-state index contributed by atoms with van der Waals surface area (Å²) in [5.41, 5.74) is 1.85. The summed E-state index contributed by atoms with van der Waals surface area (Å²) < 4.78 is 13.8. The van der Waals surface area contributed by atoms with Crippen LogP contribution in [0.25, 0.3) is 0 Å². The SMILES string of the molecule is CN(C)Cc1ccc(C2CCCN2)cc1F. The number of nitrogens with zero attached hydrogens (tertiary/aromatic N) is 1. The molecular weight excluding hydrogens is 203 g/mol. The molecule has 0 amide bonds. The number of benzene rings is 1. The van der Waals surface area contributed by atoms with Gasteiger partial charge in [-0.2, -0.15) is 0 Å². The van der Waals surface area contributed by atoms with Gasteiger partial charge in [0.2, 0.25) is 0 Å². The normalized spacial score (nSPS) is 20.6. The largest absolute Gasteiger partial charge is 0.310 e. The van der Waals surface area contributed by atoms with Crippen LogP contribution in [0.5, 0.6) is 0 Å². The fourth-order valence-electron chi connectivity index (χ4n) is 2.22. The van der Waals surface area contributed by atoms with Crippen molar-refractivity contribution >= 4 is 0 Å². The van der Waals surface area contributed by atoms with Gasteiger partial charge in [0.1, 0.15) is 5.82 Å². The quantitative estimate of drug-likeness (QED) is 0.844. The Balaban J connectivity index is 2.15. The van der Waals surface area contributed by atoms with Crippen molar-refractivity contribution in [3.63, 3.8) is 0 Å². The maximum atomic E-state index is 13.8. The molecule has 16 heavy (non-hydrogen) atoms. The molecular formula is C13H19FN2. The monoisotopic (exact) mass is 222 g/mol. The van der Waals surface area contributed by atoms with Crippen LogP contribution in [0.1, 0.15) is 30.0 Å². The molecule has 0 radical (unpaired) electrons. The lowest BCUT2D eigenvalue weighted by Crippen LogP contribution is -2.15. The maximum absolute atomic E-state index is 13.8. The molecule has 1 aromatic rings. The minimum atomic E-state index is -0.0834. The van der Waals surface area contributed by atoms with Crippen LogP contribution in [0.3, 0.4) is 0 Å². The van der Waals surface area contributed by atoms with Gasteiger partial charge in [0.05, 0.1) is 0 Å². The molecule has 1 aliphatic heterocycles. The number of hydrogen-bond acceptors (Lipinski definition) is 2. The van der Waals surface area contributed by atoms with E-state index in [1.807, 2.05) is 31.1 Å². The van der Waals surface area contributed by atoms with Crippen LogP contribution in [0.15, 0.2) is 18.2 Å². The first-order valence-electron chi connectivity index (χ1n) is 5.83. The lowest BCUT2D eigenvalue weighted by Gasteiger charge is -2.14. The van der Waals surface area contributed by atoms with E-state index in [0.717, 1.165) is 24.1 Å². The van der Waals surface area contributed by atoms with Gasteiger partial charge in [0.25, 0.3) is 0 Å². The van der Waals surface area contributed by atoms with Crippen molar-refractivity contribution < 1.29 is 4.39 Å². The molecule has 88 valence electrons. The van der Waals surface area contributed by atoms with Crippen molar-refractivity contribution in [2.24, 2.45) is 0 Å². The Kier molecular flexibility index (Phi) is 3.56. The van der Waals surface area contributed by atoms with Gasteiger partial charge in [0, 0.05) is 18.2 Å². The topological polar surface area (TPSA) is 15.3 Å². The molecule has 0 bridgehead atoms. The van der Waals surface area contributed by atoms with Gasteiger partial charge in [-0.15, -0.1) is 0 Å². The molecule has 1 heterocycles. The fraction of sp³-hybridized carbons (Fsp3) is 0.538. The van der Waals surface area contributed by atoms with Crippen LogP contribution in [-0.2, 0) is 6.54 Å². The fourth-order valence-corrected chi connectivity index (χ4v) is 2.22. The zero-order valence-corrected chi connectivity index (χ0v) is 9.96. The highest BCUT2D eigenvalue weighted by Crippen LogP contribution is 2.24. The summed E-state index contributed by atoms with van der Waals surface area (Å²) in [6.07, 6.45) is 2.30. The standard InChI is InChI=1S/C13H19FN2/c1-16(2)9-11-6-5-10(8-12(11)14)13-4-3-7-15-13/h5-6,8,13,15H,3-4,7,9H2,1-2H3. The average Bonchev–Trinajstić information content (AvgIpc) is 2.73. The van der Waals surface area contributed by atoms with E-state index in [1.54, 1.807) is 6.07 Å². The second-order valence-electron chi connectivity index (χ2n) is 4.74. The van der Waals surface area contributed by atoms with Crippen molar-refractivity contribution in [2.75, 3.05) is 20.6 Å². The third-order valence-electron chi connectivity index (χ3n) is 3.03. The Morgan fingerprint density at radius 2 is 2.25 bits per heavy atom. The summed E-state index contributed by atoms with van der Waals surface area (Å²) >= 11 is 0. The highest BCUT2D eigenvalue weighted by Gasteiger charge is 2.17. The molecule has 3 heteroatoms. The van der Waals surface area contributed by atoms with Crippen LogP contribution in [0.4, 0.5) is 4.39 Å². The molecule has 0 saturated carbocycles. The van der Waals surface area contributed by atoms with Crippen molar-refractivity contribution in [3.8, 4) is 0 Å². The van der Waals surface area contributed by atoms with Crippen LogP contribution < -0.4 is 5.32 Å². The highest BCUT2D eigenvalue weighted by atomic mass is 19.1. The van der Waals surface area contributed by atoms with Crippen molar-refractivity contribution in [1.82, 2.24) is 10.2 Å². The Bertz CT molecular complexity index is 357. The number of halogens is 1. The molecule has 0 aromatic heterocycles. The van der Waals surface area contributed by atoms with Gasteiger partial charge >= 0.3 is 0 Å². The van der Waals surface area contributed by atoms with Gasteiger partial charge in [-0.05, 0) is 45.1 Å². The van der Waals surface area contributed by atoms with E-state index >= 15 is 0 Å². The van der Waals surface area contributed by atoms with Gasteiger partial charge in [-0.1, -0.05) is 12.1 Å². The molecule has 1 aliphatic rings. The molecule has 1 unspecified atom stereocenters. The zero-order valence-electron chi connectivity index (χ0n) is 9.96. The molecule has 1 aromatic carbocycles. The Hall–Kier alpha value is -0.930. The van der Waals surface area contributed by atoms with Crippen molar-refractivity contribution in [1.29, 1.82) is 0 Å². The molecule has 1 N–H and O–H groups in total. The summed E-state index contributed by atoms with van der Waals surface area (Å²) in [4.78, 5) is 1.98. The third kappa shape index (κ3) is 2.60. The number of rotatable bonds is 3. The summed E-state index contributed by atoms with van der Waals surface area (Å²) in [7, 11) is 3.90. The van der Waals surface area contributed by atoms with E-state index in [-0.39, 0.29) is 5.82 Å². The molecule has 2 rings (SSSR count). The van der Waals surface area contributed by atoms with E-state index < -0.39 is 0 Å². The summed E-state index contributed by atoms with van der Waals surface area (Å²) in [6.45, 7) is 1.70. The minimum absolute atomic E-state index is 0.0834. The van der Waals surface area contributed by atoms with Crippen molar-refractivity contribution in [3.05, 3.63) is 35.1 Å². The second kappa shape index (κ2) is 4.93. The molecule has 2 nitrogen and oxygen atoms in total. The summed E-state index contributed by atoms with van der Waals surface area (Å²) in [5.74, 6) is -0.0834. The number of hydrogen-bond donors (Lipinski definition) is 1. The smallest absolute Gasteiger partial charge is 0.128 e. The van der Waals surface area contributed by atoms with Crippen LogP contribution in [-0.4, -0.2) is 25.5 Å². The molecule has 1 saturated heterocycles. The van der Waals surface area contributed by atoms with Crippen molar-refractivity contribution in [2.45, 2.75) is 25.4 Å². The van der Waals surface area contributed by atoms with Crippen LogP contribution >= 0.6 is 0 Å². The predicted octanol–water partition coefficient (Wildman–Crippen LogP) is 2.31. The second-order valence-corrected chi connectivity index (χ2v) is 4.74. The average molecular weight is 222 g/mol. The summed E-state index contributed by atoms with van der Waals surface area (Å²) in [5, 5.41) is 3.38. The minimum Gasteiger partial charge on any atom is -0.310 e. The first-order chi connectivity index (χ1) is 7.66. The Morgan fingerprint density at radius 3 is 2.81 bits per heavy atom. The summed E-state index contributed by atoms with van der Waals surface area (Å²) in [6, 6.07) is 5.99. The maximum Gasteiger partial charge on any atom is 0.128 e. The molecule has 1 fully saturated rings. The van der Waals surface area contributed by atoms with Crippen LogP contribution in [0.2, 0.25) is 0 Å². The molecule has 0 spiro atoms.